The number of aromatic nitrogens is 1. The Bertz CT molecular complexity index is 320. The van der Waals surface area contributed by atoms with E-state index in [-0.39, 0.29) is 0 Å². The van der Waals surface area contributed by atoms with Crippen molar-refractivity contribution in [1.29, 1.82) is 0 Å². The van der Waals surface area contributed by atoms with Crippen LogP contribution >= 0.6 is 0 Å². The van der Waals surface area contributed by atoms with Crippen LogP contribution in [0.4, 0.5) is 0 Å². The number of nitrogens with two attached hydrogens (primary N) is 1. The fourth-order valence-corrected chi connectivity index (χ4v) is 1.89. The highest BCUT2D eigenvalue weighted by Crippen LogP contribution is 2.27. The molecule has 0 unspecified atom stereocenters. The molecular formula is C12H19N3. The zero-order valence-corrected chi connectivity index (χ0v) is 9.32. The zero-order valence-electron chi connectivity index (χ0n) is 9.32. The fraction of sp³-hybridized carbons (Fsp3) is 0.583. The number of hydrogen-bond donors (Lipinski definition) is 1. The molecule has 0 saturated heterocycles. The van der Waals surface area contributed by atoms with Gasteiger partial charge in [0.15, 0.2) is 0 Å². The van der Waals surface area contributed by atoms with E-state index in [4.69, 9.17) is 5.73 Å². The maximum atomic E-state index is 5.62. The second kappa shape index (κ2) is 4.73. The van der Waals surface area contributed by atoms with Crippen molar-refractivity contribution in [2.75, 3.05) is 13.1 Å². The van der Waals surface area contributed by atoms with Crippen LogP contribution in [0, 0.1) is 6.92 Å². The van der Waals surface area contributed by atoms with Gasteiger partial charge in [0, 0.05) is 31.4 Å². The summed E-state index contributed by atoms with van der Waals surface area (Å²) in [6.07, 6.45) is 2.65. The average molecular weight is 205 g/mol. The molecule has 2 N–H and O–H groups in total. The Balaban J connectivity index is 1.98. The SMILES string of the molecule is Cc1cccc(CN(CCN)C2CC2)n1. The smallest absolute Gasteiger partial charge is 0.0547 e. The first-order valence-corrected chi connectivity index (χ1v) is 5.66. The van der Waals surface area contributed by atoms with Crippen molar-refractivity contribution in [2.24, 2.45) is 5.73 Å². The van der Waals surface area contributed by atoms with Gasteiger partial charge in [0.05, 0.1) is 5.69 Å². The van der Waals surface area contributed by atoms with Gasteiger partial charge in [-0.25, -0.2) is 0 Å². The second-order valence-corrected chi connectivity index (χ2v) is 4.26. The van der Waals surface area contributed by atoms with Gasteiger partial charge in [-0.1, -0.05) is 6.07 Å². The van der Waals surface area contributed by atoms with Crippen LogP contribution in [-0.2, 0) is 6.54 Å². The average Bonchev–Trinajstić information content (AvgIpc) is 3.00. The molecule has 1 aliphatic rings. The molecule has 1 heterocycles. The standard InChI is InChI=1S/C12H19N3/c1-10-3-2-4-11(14-10)9-15(8-7-13)12-5-6-12/h2-4,12H,5-9,13H2,1H3. The minimum atomic E-state index is 0.738. The summed E-state index contributed by atoms with van der Waals surface area (Å²) in [6.45, 7) is 4.71. The van der Waals surface area contributed by atoms with Crippen LogP contribution in [0.2, 0.25) is 0 Å². The van der Waals surface area contributed by atoms with Crippen molar-refractivity contribution in [3.8, 4) is 0 Å². The van der Waals surface area contributed by atoms with Gasteiger partial charge in [-0.2, -0.15) is 0 Å². The monoisotopic (exact) mass is 205 g/mol. The molecule has 0 spiro atoms. The molecule has 0 aliphatic heterocycles. The molecule has 0 aromatic carbocycles. The van der Waals surface area contributed by atoms with Gasteiger partial charge in [-0.15, -0.1) is 0 Å². The Labute approximate surface area is 91.3 Å². The van der Waals surface area contributed by atoms with Crippen molar-refractivity contribution in [1.82, 2.24) is 9.88 Å². The molecule has 82 valence electrons. The topological polar surface area (TPSA) is 42.1 Å². The Kier molecular flexibility index (Phi) is 3.34. The predicted molar refractivity (Wildman–Crippen MR) is 61.5 cm³/mol. The van der Waals surface area contributed by atoms with E-state index in [2.05, 4.69) is 22.0 Å². The van der Waals surface area contributed by atoms with E-state index in [1.807, 2.05) is 13.0 Å². The first-order valence-electron chi connectivity index (χ1n) is 5.66. The normalized spacial score (nSPS) is 15.9. The molecule has 1 fully saturated rings. The first kappa shape index (κ1) is 10.6. The van der Waals surface area contributed by atoms with E-state index >= 15 is 0 Å². The summed E-state index contributed by atoms with van der Waals surface area (Å²) >= 11 is 0. The quantitative estimate of drug-likeness (QED) is 0.788. The molecule has 0 amide bonds. The Morgan fingerprint density at radius 2 is 2.27 bits per heavy atom. The lowest BCUT2D eigenvalue weighted by Gasteiger charge is -2.20. The predicted octanol–water partition coefficient (Wildman–Crippen LogP) is 1.31. The molecule has 0 radical (unpaired) electrons. The molecule has 3 nitrogen and oxygen atoms in total. The number of nitrogens with zero attached hydrogens (tertiary/aromatic N) is 2. The lowest BCUT2D eigenvalue weighted by Crippen LogP contribution is -2.31. The third-order valence-corrected chi connectivity index (χ3v) is 2.79. The number of hydrogen-bond acceptors (Lipinski definition) is 3. The third kappa shape index (κ3) is 3.01. The third-order valence-electron chi connectivity index (χ3n) is 2.79. The Morgan fingerprint density at radius 3 is 2.87 bits per heavy atom. The Morgan fingerprint density at radius 1 is 1.47 bits per heavy atom. The van der Waals surface area contributed by atoms with Crippen molar-refractivity contribution in [3.63, 3.8) is 0 Å². The van der Waals surface area contributed by atoms with E-state index in [0.29, 0.717) is 0 Å². The van der Waals surface area contributed by atoms with Gasteiger partial charge >= 0.3 is 0 Å². The Hall–Kier alpha value is -0.930. The molecule has 1 aromatic heterocycles. The van der Waals surface area contributed by atoms with Crippen molar-refractivity contribution < 1.29 is 0 Å². The van der Waals surface area contributed by atoms with Crippen LogP contribution in [0.25, 0.3) is 0 Å². The van der Waals surface area contributed by atoms with Crippen LogP contribution in [0.1, 0.15) is 24.2 Å². The van der Waals surface area contributed by atoms with Crippen LogP contribution in [0.5, 0.6) is 0 Å². The van der Waals surface area contributed by atoms with Crippen LogP contribution < -0.4 is 5.73 Å². The van der Waals surface area contributed by atoms with Gasteiger partial charge in [0.1, 0.15) is 0 Å². The van der Waals surface area contributed by atoms with Gasteiger partial charge < -0.3 is 5.73 Å². The summed E-state index contributed by atoms with van der Waals surface area (Å²) in [5.41, 5.74) is 7.87. The van der Waals surface area contributed by atoms with Crippen molar-refractivity contribution in [3.05, 3.63) is 29.6 Å². The molecule has 1 saturated carbocycles. The number of aryl methyl sites for hydroxylation is 1. The minimum absolute atomic E-state index is 0.738. The van der Waals surface area contributed by atoms with E-state index in [9.17, 15) is 0 Å². The molecule has 15 heavy (non-hydrogen) atoms. The van der Waals surface area contributed by atoms with Crippen LogP contribution in [-0.4, -0.2) is 29.0 Å². The van der Waals surface area contributed by atoms with E-state index < -0.39 is 0 Å². The summed E-state index contributed by atoms with van der Waals surface area (Å²) < 4.78 is 0. The molecule has 1 aromatic rings. The highest BCUT2D eigenvalue weighted by atomic mass is 15.2. The lowest BCUT2D eigenvalue weighted by atomic mass is 10.3. The van der Waals surface area contributed by atoms with Crippen molar-refractivity contribution in [2.45, 2.75) is 32.4 Å². The second-order valence-electron chi connectivity index (χ2n) is 4.26. The van der Waals surface area contributed by atoms with Gasteiger partial charge in [0.25, 0.3) is 0 Å². The molecule has 2 rings (SSSR count). The fourth-order valence-electron chi connectivity index (χ4n) is 1.89. The highest BCUT2D eigenvalue weighted by molar-refractivity contribution is 5.10. The van der Waals surface area contributed by atoms with Gasteiger partial charge in [-0.05, 0) is 31.9 Å². The van der Waals surface area contributed by atoms with Crippen LogP contribution in [0.15, 0.2) is 18.2 Å². The van der Waals surface area contributed by atoms with Crippen molar-refractivity contribution >= 4 is 0 Å². The van der Waals surface area contributed by atoms with E-state index in [1.54, 1.807) is 0 Å². The maximum Gasteiger partial charge on any atom is 0.0547 e. The maximum absolute atomic E-state index is 5.62. The summed E-state index contributed by atoms with van der Waals surface area (Å²) in [5.74, 6) is 0. The summed E-state index contributed by atoms with van der Waals surface area (Å²) in [6, 6.07) is 6.97. The molecule has 0 bridgehead atoms. The molecule has 1 aliphatic carbocycles. The van der Waals surface area contributed by atoms with Gasteiger partial charge in [-0.3, -0.25) is 9.88 Å². The highest BCUT2D eigenvalue weighted by Gasteiger charge is 2.28. The summed E-state index contributed by atoms with van der Waals surface area (Å²) in [4.78, 5) is 6.97. The number of pyridine rings is 1. The molecular weight excluding hydrogens is 186 g/mol. The minimum Gasteiger partial charge on any atom is -0.329 e. The largest absolute Gasteiger partial charge is 0.329 e. The number of rotatable bonds is 5. The molecule has 0 atom stereocenters. The zero-order chi connectivity index (χ0) is 10.7. The van der Waals surface area contributed by atoms with E-state index in [1.165, 1.54) is 12.8 Å². The van der Waals surface area contributed by atoms with Crippen LogP contribution in [0.3, 0.4) is 0 Å². The summed E-state index contributed by atoms with van der Waals surface area (Å²) in [7, 11) is 0. The van der Waals surface area contributed by atoms with Gasteiger partial charge in [0.2, 0.25) is 0 Å². The first-order chi connectivity index (χ1) is 7.29. The van der Waals surface area contributed by atoms with E-state index in [0.717, 1.165) is 37.1 Å². The lowest BCUT2D eigenvalue weighted by molar-refractivity contribution is 0.259. The summed E-state index contributed by atoms with van der Waals surface area (Å²) in [5, 5.41) is 0. The molecule has 3 heteroatoms.